The number of hydrogen-bond acceptors (Lipinski definition) is 9. The molecule has 1 saturated heterocycles. The van der Waals surface area contributed by atoms with E-state index < -0.39 is 66.1 Å². The van der Waals surface area contributed by atoms with Gasteiger partial charge in [-0.3, -0.25) is 19.5 Å². The van der Waals surface area contributed by atoms with Crippen LogP contribution in [0.15, 0.2) is 35.3 Å². The van der Waals surface area contributed by atoms with Gasteiger partial charge in [-0.25, -0.2) is 4.79 Å². The van der Waals surface area contributed by atoms with Crippen LogP contribution in [0.3, 0.4) is 0 Å². The number of alkyl halides is 3. The van der Waals surface area contributed by atoms with E-state index in [0.29, 0.717) is 0 Å². The molecule has 2 aromatic rings. The van der Waals surface area contributed by atoms with E-state index in [1.165, 1.54) is 22.9 Å². The summed E-state index contributed by atoms with van der Waals surface area (Å²) in [6.45, 7) is 14.9. The van der Waals surface area contributed by atoms with E-state index in [0.717, 1.165) is 6.07 Å². The lowest BCUT2D eigenvalue weighted by atomic mass is 9.72. The Hall–Kier alpha value is -3.78. The van der Waals surface area contributed by atoms with Crippen LogP contribution in [0.25, 0.3) is 0 Å². The molecule has 0 saturated carbocycles. The van der Waals surface area contributed by atoms with Gasteiger partial charge in [-0.15, -0.1) is 0 Å². The van der Waals surface area contributed by atoms with Crippen LogP contribution in [0.1, 0.15) is 59.1 Å². The second kappa shape index (κ2) is 13.8. The number of ether oxygens (including phenoxy) is 2. The number of carbonyl (C=O) groups is 1. The molecule has 1 aliphatic heterocycles. The van der Waals surface area contributed by atoms with Crippen molar-refractivity contribution in [3.8, 4) is 11.8 Å². The number of halogens is 3. The lowest BCUT2D eigenvalue weighted by Crippen LogP contribution is -2.53. The third-order valence-corrected chi connectivity index (χ3v) is 9.99. The van der Waals surface area contributed by atoms with Crippen molar-refractivity contribution in [2.24, 2.45) is 5.41 Å². The van der Waals surface area contributed by atoms with Crippen molar-refractivity contribution in [2.45, 2.75) is 96.4 Å². The van der Waals surface area contributed by atoms with Gasteiger partial charge < -0.3 is 25.2 Å². The van der Waals surface area contributed by atoms with Gasteiger partial charge in [0, 0.05) is 36.4 Å². The summed E-state index contributed by atoms with van der Waals surface area (Å²) < 4.78 is 50.9. The van der Waals surface area contributed by atoms with Crippen LogP contribution in [0, 0.1) is 27.4 Å². The van der Waals surface area contributed by atoms with Gasteiger partial charge in [-0.2, -0.15) is 18.2 Å². The summed E-state index contributed by atoms with van der Waals surface area (Å²) in [5.74, 6) is 2.82. The number of amides is 1. The molecule has 0 aliphatic carbocycles. The molecular formula is C31H41F3N5O7Si. The van der Waals surface area contributed by atoms with Gasteiger partial charge in [0.1, 0.15) is 31.7 Å². The molecule has 1 fully saturated rings. The maximum atomic E-state index is 13.5. The van der Waals surface area contributed by atoms with Crippen molar-refractivity contribution in [1.29, 1.82) is 0 Å². The quantitative estimate of drug-likeness (QED) is 0.153. The zero-order chi connectivity index (χ0) is 35.6. The predicted molar refractivity (Wildman–Crippen MR) is 170 cm³/mol. The topological polar surface area (TPSA) is 158 Å². The predicted octanol–water partition coefficient (Wildman–Crippen LogP) is 4.12. The molecule has 1 radical (unpaired) electrons. The fourth-order valence-electron chi connectivity index (χ4n) is 5.07. The fourth-order valence-corrected chi connectivity index (χ4v) is 6.72. The number of benzene rings is 1. The van der Waals surface area contributed by atoms with Crippen molar-refractivity contribution in [2.75, 3.05) is 18.5 Å². The molecule has 3 atom stereocenters. The minimum absolute atomic E-state index is 0.0870. The average Bonchev–Trinajstić information content (AvgIpc) is 3.27. The van der Waals surface area contributed by atoms with E-state index in [-0.39, 0.29) is 42.2 Å². The Morgan fingerprint density at radius 3 is 2.43 bits per heavy atom. The first kappa shape index (κ1) is 37.7. The molecule has 0 spiro atoms. The first-order chi connectivity index (χ1) is 21.5. The molecule has 3 rings (SSSR count). The highest BCUT2D eigenvalue weighted by molar-refractivity contribution is 6.58. The van der Waals surface area contributed by atoms with E-state index in [4.69, 9.17) is 9.47 Å². The molecule has 3 N–H and O–H groups in total. The number of rotatable bonds is 9. The highest BCUT2D eigenvalue weighted by atomic mass is 28.3. The van der Waals surface area contributed by atoms with Crippen molar-refractivity contribution >= 4 is 26.2 Å². The molecule has 1 aromatic carbocycles. The number of nitro benzene ring substituents is 1. The Balaban J connectivity index is 1.83. The zero-order valence-electron chi connectivity index (χ0n) is 27.7. The standard InChI is InChI=1S/C31H41F3N5O7Si/c1-27(2,3)29(42)19-30(47(7)8,46-23(29)18-45-28(4,5)6)38-15-13-24(37-26(38)41)36-17-21-12-11-20(16-22(21)39(43)44)10-9-14-35-25(40)31(32,33)34/h11-13,15-16,23,42H,14,17-19H2,1-8H3,(H,35,40)(H,36,37,41)/t23-,29+,30+/m1/s1. The summed E-state index contributed by atoms with van der Waals surface area (Å²) in [5.41, 5.74) is -2.98. The third kappa shape index (κ3) is 8.77. The van der Waals surface area contributed by atoms with Crippen LogP contribution in [0.2, 0.25) is 13.1 Å². The first-order valence-corrected chi connectivity index (χ1v) is 17.3. The fraction of sp³-hybridized carbons (Fsp3) is 0.581. The van der Waals surface area contributed by atoms with Crippen molar-refractivity contribution in [3.63, 3.8) is 0 Å². The summed E-state index contributed by atoms with van der Waals surface area (Å²) in [4.78, 5) is 39.7. The molecule has 12 nitrogen and oxygen atoms in total. The summed E-state index contributed by atoms with van der Waals surface area (Å²) in [5, 5.41) is 27.2. The van der Waals surface area contributed by atoms with Crippen molar-refractivity contribution in [3.05, 3.63) is 62.2 Å². The molecule has 0 unspecified atom stereocenters. The molecular weight excluding hydrogens is 639 g/mol. The normalized spacial score (nSPS) is 21.7. The highest BCUT2D eigenvalue weighted by Crippen LogP contribution is 2.51. The lowest BCUT2D eigenvalue weighted by Gasteiger charge is -2.41. The number of nitrogens with one attached hydrogen (secondary N) is 2. The third-order valence-electron chi connectivity index (χ3n) is 7.89. The Kier molecular flexibility index (Phi) is 11.0. The maximum absolute atomic E-state index is 13.5. The van der Waals surface area contributed by atoms with E-state index in [1.54, 1.807) is 11.4 Å². The van der Waals surface area contributed by atoms with Gasteiger partial charge in [0.2, 0.25) is 0 Å². The van der Waals surface area contributed by atoms with Gasteiger partial charge in [0.25, 0.3) is 5.69 Å². The van der Waals surface area contributed by atoms with Gasteiger partial charge in [0.15, 0.2) is 0 Å². The molecule has 257 valence electrons. The lowest BCUT2D eigenvalue weighted by molar-refractivity contribution is -0.385. The number of anilines is 1. The molecule has 1 aliphatic rings. The summed E-state index contributed by atoms with van der Waals surface area (Å²) >= 11 is 0. The second-order valence-electron chi connectivity index (χ2n) is 13.6. The monoisotopic (exact) mass is 680 g/mol. The van der Waals surface area contributed by atoms with Crippen LogP contribution in [0.4, 0.5) is 24.7 Å². The van der Waals surface area contributed by atoms with Crippen LogP contribution >= 0.6 is 0 Å². The Labute approximate surface area is 272 Å². The van der Waals surface area contributed by atoms with Gasteiger partial charge in [-0.1, -0.05) is 45.7 Å². The molecule has 47 heavy (non-hydrogen) atoms. The SMILES string of the molecule is C[Si](C)[C@]1(n2ccc(NCc3ccc(C#CCNC(=O)C(F)(F)F)cc3[N+](=O)[O-])nc2=O)C[C@@](O)(C(C)(C)C)[C@@H](COC(C)(C)C)O1. The maximum Gasteiger partial charge on any atom is 0.471 e. The van der Waals surface area contributed by atoms with Crippen LogP contribution < -0.4 is 16.3 Å². The Morgan fingerprint density at radius 2 is 1.89 bits per heavy atom. The zero-order valence-corrected chi connectivity index (χ0v) is 28.7. The summed E-state index contributed by atoms with van der Waals surface area (Å²) in [6.07, 6.45) is -4.08. The van der Waals surface area contributed by atoms with Crippen LogP contribution in [-0.2, 0) is 26.2 Å². The molecule has 2 heterocycles. The van der Waals surface area contributed by atoms with Gasteiger partial charge >= 0.3 is 17.8 Å². The number of aromatic nitrogens is 2. The Bertz CT molecular complexity index is 1610. The largest absolute Gasteiger partial charge is 0.471 e. The highest BCUT2D eigenvalue weighted by Gasteiger charge is 2.62. The van der Waals surface area contributed by atoms with E-state index in [1.807, 2.05) is 54.6 Å². The number of aliphatic hydroxyl groups is 1. The number of nitro groups is 1. The number of hydrogen-bond donors (Lipinski definition) is 3. The minimum atomic E-state index is -5.04. The van der Waals surface area contributed by atoms with Crippen molar-refractivity contribution in [1.82, 2.24) is 14.9 Å². The minimum Gasteiger partial charge on any atom is -0.386 e. The van der Waals surface area contributed by atoms with Crippen LogP contribution in [0.5, 0.6) is 0 Å². The summed E-state index contributed by atoms with van der Waals surface area (Å²) in [7, 11) is -1.46. The van der Waals surface area contributed by atoms with E-state index in [9.17, 15) is 38.0 Å². The first-order valence-electron chi connectivity index (χ1n) is 14.8. The van der Waals surface area contributed by atoms with Gasteiger partial charge in [-0.05, 0) is 44.4 Å². The average molecular weight is 681 g/mol. The second-order valence-corrected chi connectivity index (χ2v) is 16.3. The van der Waals surface area contributed by atoms with Crippen molar-refractivity contribution < 1.29 is 37.5 Å². The van der Waals surface area contributed by atoms with E-state index in [2.05, 4.69) is 22.1 Å². The van der Waals surface area contributed by atoms with Crippen LogP contribution in [-0.4, -0.2) is 70.9 Å². The number of carbonyl (C=O) groups excluding carboxylic acids is 1. The molecule has 1 aromatic heterocycles. The molecule has 16 heteroatoms. The summed E-state index contributed by atoms with van der Waals surface area (Å²) in [6, 6.07) is 5.57. The Morgan fingerprint density at radius 1 is 1.23 bits per heavy atom. The molecule has 1 amide bonds. The van der Waals surface area contributed by atoms with Gasteiger partial charge in [0.05, 0.1) is 23.7 Å². The number of nitrogens with zero attached hydrogens (tertiary/aromatic N) is 3. The molecule has 0 bridgehead atoms. The smallest absolute Gasteiger partial charge is 0.386 e. The van der Waals surface area contributed by atoms with E-state index >= 15 is 0 Å².